The van der Waals surface area contributed by atoms with Crippen LogP contribution >= 0.6 is 31.9 Å². The molecule has 0 radical (unpaired) electrons. The molecule has 0 aromatic heterocycles. The molecule has 1 unspecified atom stereocenters. The monoisotopic (exact) mass is 399 g/mol. The van der Waals surface area contributed by atoms with Crippen molar-refractivity contribution in [2.45, 2.75) is 13.0 Å². The molecule has 2 aromatic rings. The van der Waals surface area contributed by atoms with E-state index in [1.165, 1.54) is 0 Å². The first kappa shape index (κ1) is 15.4. The molecule has 1 atom stereocenters. The minimum atomic E-state index is -0.112. The maximum Gasteiger partial charge on any atom is 0.141 e. The van der Waals surface area contributed by atoms with E-state index in [2.05, 4.69) is 31.9 Å². The van der Waals surface area contributed by atoms with E-state index >= 15 is 0 Å². The minimum Gasteiger partial charge on any atom is -0.497 e. The molecule has 20 heavy (non-hydrogen) atoms. The Morgan fingerprint density at radius 1 is 1.05 bits per heavy atom. The molecule has 0 saturated carbocycles. The Morgan fingerprint density at radius 3 is 2.35 bits per heavy atom. The Balaban J connectivity index is 2.35. The molecule has 0 aliphatic carbocycles. The SMILES string of the molecule is COc1ccc(Oc2ccc(Br)cc2C(C)N)c(Br)c1. The van der Waals surface area contributed by atoms with Crippen molar-refractivity contribution in [2.75, 3.05) is 7.11 Å². The van der Waals surface area contributed by atoms with E-state index in [9.17, 15) is 0 Å². The standard InChI is InChI=1S/C15H15Br2NO2/c1-9(18)12-7-10(16)3-5-14(12)20-15-6-4-11(19-2)8-13(15)17/h3-9H,18H2,1-2H3. The summed E-state index contributed by atoms with van der Waals surface area (Å²) in [5, 5.41) is 0. The number of hydrogen-bond donors (Lipinski definition) is 1. The van der Waals surface area contributed by atoms with E-state index in [4.69, 9.17) is 15.2 Å². The third-order valence-corrected chi connectivity index (χ3v) is 3.93. The Kier molecular flexibility index (Phi) is 5.07. The average molecular weight is 401 g/mol. The van der Waals surface area contributed by atoms with Gasteiger partial charge in [0.1, 0.15) is 17.2 Å². The van der Waals surface area contributed by atoms with Crippen molar-refractivity contribution in [1.29, 1.82) is 0 Å². The van der Waals surface area contributed by atoms with Crippen LogP contribution in [0.2, 0.25) is 0 Å². The van der Waals surface area contributed by atoms with Gasteiger partial charge in [-0.05, 0) is 59.3 Å². The van der Waals surface area contributed by atoms with Crippen molar-refractivity contribution in [2.24, 2.45) is 5.73 Å². The molecule has 0 fully saturated rings. The molecule has 2 N–H and O–H groups in total. The minimum absolute atomic E-state index is 0.112. The van der Waals surface area contributed by atoms with Gasteiger partial charge < -0.3 is 15.2 Å². The highest BCUT2D eigenvalue weighted by molar-refractivity contribution is 9.10. The fraction of sp³-hybridized carbons (Fsp3) is 0.200. The van der Waals surface area contributed by atoms with Crippen molar-refractivity contribution in [3.8, 4) is 17.2 Å². The smallest absolute Gasteiger partial charge is 0.141 e. The fourth-order valence-corrected chi connectivity index (χ4v) is 2.60. The molecule has 2 rings (SSSR count). The van der Waals surface area contributed by atoms with Crippen molar-refractivity contribution >= 4 is 31.9 Å². The number of rotatable bonds is 4. The van der Waals surface area contributed by atoms with E-state index in [0.717, 1.165) is 31.8 Å². The Hall–Kier alpha value is -1.04. The van der Waals surface area contributed by atoms with Crippen molar-refractivity contribution < 1.29 is 9.47 Å². The molecule has 0 bridgehead atoms. The molecule has 0 heterocycles. The molecule has 0 saturated heterocycles. The van der Waals surface area contributed by atoms with Crippen LogP contribution in [0.1, 0.15) is 18.5 Å². The van der Waals surface area contributed by atoms with Gasteiger partial charge in [-0.25, -0.2) is 0 Å². The molecule has 0 spiro atoms. The largest absolute Gasteiger partial charge is 0.497 e. The van der Waals surface area contributed by atoms with Crippen LogP contribution in [0.15, 0.2) is 45.3 Å². The van der Waals surface area contributed by atoms with Gasteiger partial charge >= 0.3 is 0 Å². The van der Waals surface area contributed by atoms with E-state index in [1.807, 2.05) is 43.3 Å². The molecular weight excluding hydrogens is 386 g/mol. The lowest BCUT2D eigenvalue weighted by molar-refractivity contribution is 0.412. The predicted molar refractivity (Wildman–Crippen MR) is 87.5 cm³/mol. The summed E-state index contributed by atoms with van der Waals surface area (Å²) in [5.41, 5.74) is 6.93. The van der Waals surface area contributed by atoms with Crippen molar-refractivity contribution in [3.63, 3.8) is 0 Å². The lowest BCUT2D eigenvalue weighted by atomic mass is 10.1. The lowest BCUT2D eigenvalue weighted by Gasteiger charge is -2.15. The van der Waals surface area contributed by atoms with Gasteiger partial charge in [-0.1, -0.05) is 15.9 Å². The fourth-order valence-electron chi connectivity index (χ4n) is 1.78. The Bertz CT molecular complexity index is 615. The third kappa shape index (κ3) is 3.53. The van der Waals surface area contributed by atoms with Crippen LogP contribution in [0.25, 0.3) is 0 Å². The first-order chi connectivity index (χ1) is 9.51. The molecule has 0 aliphatic heterocycles. The molecular formula is C15H15Br2NO2. The summed E-state index contributed by atoms with van der Waals surface area (Å²) in [6.45, 7) is 1.93. The van der Waals surface area contributed by atoms with Gasteiger partial charge in [0.05, 0.1) is 11.6 Å². The van der Waals surface area contributed by atoms with E-state index in [-0.39, 0.29) is 6.04 Å². The maximum absolute atomic E-state index is 5.99. The van der Waals surface area contributed by atoms with E-state index < -0.39 is 0 Å². The van der Waals surface area contributed by atoms with Gasteiger partial charge in [-0.15, -0.1) is 0 Å². The number of nitrogens with two attached hydrogens (primary N) is 1. The van der Waals surface area contributed by atoms with Gasteiger partial charge in [0.2, 0.25) is 0 Å². The van der Waals surface area contributed by atoms with E-state index in [0.29, 0.717) is 0 Å². The van der Waals surface area contributed by atoms with Crippen molar-refractivity contribution in [3.05, 3.63) is 50.9 Å². The average Bonchev–Trinajstić information content (AvgIpc) is 2.42. The second kappa shape index (κ2) is 6.61. The first-order valence-corrected chi connectivity index (χ1v) is 7.66. The predicted octanol–water partition coefficient (Wildman–Crippen LogP) is 5.03. The third-order valence-electron chi connectivity index (χ3n) is 2.82. The molecule has 0 amide bonds. The summed E-state index contributed by atoms with van der Waals surface area (Å²) in [6, 6.07) is 11.3. The maximum atomic E-state index is 5.99. The summed E-state index contributed by atoms with van der Waals surface area (Å²) in [5.74, 6) is 2.23. The zero-order chi connectivity index (χ0) is 14.7. The highest BCUT2D eigenvalue weighted by Crippen LogP contribution is 2.36. The summed E-state index contributed by atoms with van der Waals surface area (Å²) in [7, 11) is 1.63. The molecule has 5 heteroatoms. The van der Waals surface area contributed by atoms with Crippen LogP contribution in [-0.2, 0) is 0 Å². The number of benzene rings is 2. The van der Waals surface area contributed by atoms with Gasteiger partial charge in [0, 0.05) is 16.1 Å². The number of methoxy groups -OCH3 is 1. The van der Waals surface area contributed by atoms with Crippen LogP contribution in [0.5, 0.6) is 17.2 Å². The van der Waals surface area contributed by atoms with Gasteiger partial charge in [-0.3, -0.25) is 0 Å². The van der Waals surface area contributed by atoms with Gasteiger partial charge in [-0.2, -0.15) is 0 Å². The second-order valence-corrected chi connectivity index (χ2v) is 6.14. The first-order valence-electron chi connectivity index (χ1n) is 6.07. The molecule has 2 aromatic carbocycles. The van der Waals surface area contributed by atoms with Crippen LogP contribution in [-0.4, -0.2) is 7.11 Å². The number of hydrogen-bond acceptors (Lipinski definition) is 3. The number of halogens is 2. The van der Waals surface area contributed by atoms with Gasteiger partial charge in [0.25, 0.3) is 0 Å². The summed E-state index contributed by atoms with van der Waals surface area (Å²) < 4.78 is 12.9. The Labute approximate surface area is 135 Å². The highest BCUT2D eigenvalue weighted by Gasteiger charge is 2.11. The topological polar surface area (TPSA) is 44.5 Å². The van der Waals surface area contributed by atoms with Crippen molar-refractivity contribution in [1.82, 2.24) is 0 Å². The lowest BCUT2D eigenvalue weighted by Crippen LogP contribution is -2.06. The zero-order valence-corrected chi connectivity index (χ0v) is 14.4. The Morgan fingerprint density at radius 2 is 1.75 bits per heavy atom. The quantitative estimate of drug-likeness (QED) is 0.782. The summed E-state index contributed by atoms with van der Waals surface area (Å²) in [6.07, 6.45) is 0. The highest BCUT2D eigenvalue weighted by atomic mass is 79.9. The second-order valence-electron chi connectivity index (χ2n) is 4.37. The van der Waals surface area contributed by atoms with E-state index in [1.54, 1.807) is 7.11 Å². The van der Waals surface area contributed by atoms with Crippen LogP contribution in [0, 0.1) is 0 Å². The summed E-state index contributed by atoms with van der Waals surface area (Å²) in [4.78, 5) is 0. The normalized spacial score (nSPS) is 12.1. The molecule has 0 aliphatic rings. The number of ether oxygens (including phenoxy) is 2. The van der Waals surface area contributed by atoms with Crippen LogP contribution in [0.4, 0.5) is 0 Å². The van der Waals surface area contributed by atoms with Crippen LogP contribution in [0.3, 0.4) is 0 Å². The molecule has 3 nitrogen and oxygen atoms in total. The van der Waals surface area contributed by atoms with Crippen LogP contribution < -0.4 is 15.2 Å². The molecule has 106 valence electrons. The van der Waals surface area contributed by atoms with Gasteiger partial charge in [0.15, 0.2) is 0 Å². The summed E-state index contributed by atoms with van der Waals surface area (Å²) >= 11 is 6.92. The zero-order valence-electron chi connectivity index (χ0n) is 11.2.